The molecule has 1 aliphatic heterocycles. The van der Waals surface area contributed by atoms with Crippen LogP contribution in [0.5, 0.6) is 0 Å². The second-order valence-electron chi connectivity index (χ2n) is 8.75. The molecule has 10 heteroatoms. The molecule has 1 aliphatic rings. The third-order valence-corrected chi connectivity index (χ3v) is 6.31. The van der Waals surface area contributed by atoms with Gasteiger partial charge in [0.15, 0.2) is 0 Å². The van der Waals surface area contributed by atoms with Gasteiger partial charge in [-0.3, -0.25) is 4.79 Å². The summed E-state index contributed by atoms with van der Waals surface area (Å²) in [4.78, 5) is 12.3. The molecule has 0 saturated carbocycles. The number of rotatable bonds is 7. The fraction of sp³-hybridized carbons (Fsp3) is 0.480. The third kappa shape index (κ3) is 6.55. The van der Waals surface area contributed by atoms with Crippen molar-refractivity contribution in [2.45, 2.75) is 50.7 Å². The molecule has 2 unspecified atom stereocenters. The van der Waals surface area contributed by atoms with E-state index in [1.807, 2.05) is 37.3 Å². The molecule has 0 radical (unpaired) electrons. The van der Waals surface area contributed by atoms with Crippen molar-refractivity contribution in [2.24, 2.45) is 5.92 Å². The summed E-state index contributed by atoms with van der Waals surface area (Å²) in [5.74, 6) is -0.318. The Morgan fingerprint density at radius 3 is 2.17 bits per heavy atom. The lowest BCUT2D eigenvalue weighted by Gasteiger charge is -2.42. The Bertz CT molecular complexity index is 967. The molecule has 35 heavy (non-hydrogen) atoms. The summed E-state index contributed by atoms with van der Waals surface area (Å²) in [6.45, 7) is 4.12. The molecule has 1 amide bonds. The molecule has 3 rings (SSSR count). The zero-order valence-corrected chi connectivity index (χ0v) is 19.4. The van der Waals surface area contributed by atoms with Gasteiger partial charge in [-0.15, -0.1) is 0 Å². The van der Waals surface area contributed by atoms with Crippen LogP contribution in [0.4, 0.5) is 26.3 Å². The molecule has 4 nitrogen and oxygen atoms in total. The molecule has 1 fully saturated rings. The summed E-state index contributed by atoms with van der Waals surface area (Å²) in [6, 6.07) is 10.7. The fourth-order valence-electron chi connectivity index (χ4n) is 4.26. The first-order valence-electron chi connectivity index (χ1n) is 11.3. The molecule has 3 atom stereocenters. The molecular weight excluding hydrogens is 474 g/mol. The van der Waals surface area contributed by atoms with Crippen LogP contribution in [-0.2, 0) is 27.4 Å². The van der Waals surface area contributed by atoms with Crippen LogP contribution in [0, 0.1) is 5.92 Å². The third-order valence-electron chi connectivity index (χ3n) is 6.31. The van der Waals surface area contributed by atoms with Crippen molar-refractivity contribution in [3.63, 3.8) is 0 Å². The smallest absolute Gasteiger partial charge is 0.372 e. The Labute approximate surface area is 200 Å². The molecular formula is C25H28F6N2O2. The van der Waals surface area contributed by atoms with Crippen LogP contribution in [0.2, 0.25) is 0 Å². The van der Waals surface area contributed by atoms with Gasteiger partial charge in [-0.1, -0.05) is 30.3 Å². The van der Waals surface area contributed by atoms with E-state index in [-0.39, 0.29) is 30.1 Å². The summed E-state index contributed by atoms with van der Waals surface area (Å²) in [6.07, 6.45) is -9.85. The SMILES string of the molecule is CCNC(=O)C1CC[C@@](COC(C)c2cc(C(F)(F)F)cc(C(F)(F)F)c2)(c2ccccc2)NC1. The van der Waals surface area contributed by atoms with Gasteiger partial charge in [-0.25, -0.2) is 0 Å². The zero-order chi connectivity index (χ0) is 25.9. The minimum atomic E-state index is -4.93. The van der Waals surface area contributed by atoms with Crippen LogP contribution < -0.4 is 10.6 Å². The summed E-state index contributed by atoms with van der Waals surface area (Å²) in [7, 11) is 0. The van der Waals surface area contributed by atoms with E-state index < -0.39 is 35.1 Å². The van der Waals surface area contributed by atoms with Crippen LogP contribution in [0.15, 0.2) is 48.5 Å². The molecule has 0 aromatic heterocycles. The molecule has 192 valence electrons. The van der Waals surface area contributed by atoms with E-state index in [4.69, 9.17) is 4.74 Å². The monoisotopic (exact) mass is 502 g/mol. The number of hydrogen-bond acceptors (Lipinski definition) is 3. The van der Waals surface area contributed by atoms with Crippen LogP contribution in [0.25, 0.3) is 0 Å². The van der Waals surface area contributed by atoms with Crippen LogP contribution >= 0.6 is 0 Å². The highest BCUT2D eigenvalue weighted by atomic mass is 19.4. The van der Waals surface area contributed by atoms with E-state index in [9.17, 15) is 31.1 Å². The van der Waals surface area contributed by atoms with E-state index in [0.29, 0.717) is 38.1 Å². The number of nitrogens with one attached hydrogen (secondary N) is 2. The Hall–Kier alpha value is -2.59. The molecule has 2 aromatic carbocycles. The minimum absolute atomic E-state index is 0.00209. The number of piperidine rings is 1. The first-order valence-corrected chi connectivity index (χ1v) is 11.3. The standard InChI is InChI=1S/C25H28F6N2O2/c1-3-32-22(34)17-9-10-23(33-14-17,19-7-5-4-6-8-19)15-35-16(2)18-11-20(24(26,27)28)13-21(12-18)25(29,30)31/h4-8,11-13,16-17,33H,3,9-10,14-15H2,1-2H3,(H,32,34)/t16?,17?,23-/m1/s1. The Balaban J connectivity index is 1.84. The van der Waals surface area contributed by atoms with Crippen LogP contribution in [0.3, 0.4) is 0 Å². The molecule has 0 bridgehead atoms. The van der Waals surface area contributed by atoms with Gasteiger partial charge in [0.1, 0.15) is 0 Å². The number of carbonyl (C=O) groups is 1. The largest absolute Gasteiger partial charge is 0.416 e. The minimum Gasteiger partial charge on any atom is -0.372 e. The average Bonchev–Trinajstić information content (AvgIpc) is 2.82. The summed E-state index contributed by atoms with van der Waals surface area (Å²) in [5.41, 5.74) is -2.85. The second-order valence-corrected chi connectivity index (χ2v) is 8.75. The highest BCUT2D eigenvalue weighted by molar-refractivity contribution is 5.79. The summed E-state index contributed by atoms with van der Waals surface area (Å²) in [5, 5.41) is 6.17. The highest BCUT2D eigenvalue weighted by Gasteiger charge is 2.40. The maximum atomic E-state index is 13.3. The first-order chi connectivity index (χ1) is 16.4. The van der Waals surface area contributed by atoms with Crippen LogP contribution in [0.1, 0.15) is 55.0 Å². The molecule has 0 aliphatic carbocycles. The summed E-state index contributed by atoms with van der Waals surface area (Å²) >= 11 is 0. The van der Waals surface area contributed by atoms with Gasteiger partial charge in [0.2, 0.25) is 5.91 Å². The molecule has 1 heterocycles. The van der Waals surface area contributed by atoms with Gasteiger partial charge >= 0.3 is 12.4 Å². The van der Waals surface area contributed by atoms with Crippen molar-refractivity contribution >= 4 is 5.91 Å². The number of hydrogen-bond donors (Lipinski definition) is 2. The maximum absolute atomic E-state index is 13.3. The van der Waals surface area contributed by atoms with Crippen molar-refractivity contribution < 1.29 is 35.9 Å². The highest BCUT2D eigenvalue weighted by Crippen LogP contribution is 2.39. The predicted molar refractivity (Wildman–Crippen MR) is 118 cm³/mol. The molecule has 2 N–H and O–H groups in total. The molecule has 1 saturated heterocycles. The van der Waals surface area contributed by atoms with Crippen LogP contribution in [-0.4, -0.2) is 25.6 Å². The zero-order valence-electron chi connectivity index (χ0n) is 19.4. The quantitative estimate of drug-likeness (QED) is 0.469. The van der Waals surface area contributed by atoms with Gasteiger partial charge in [-0.2, -0.15) is 26.3 Å². The van der Waals surface area contributed by atoms with Crippen molar-refractivity contribution in [1.82, 2.24) is 10.6 Å². The number of alkyl halides is 6. The normalized spacial score (nSPS) is 22.0. The van der Waals surface area contributed by atoms with Gasteiger partial charge < -0.3 is 15.4 Å². The number of ether oxygens (including phenoxy) is 1. The number of carbonyl (C=O) groups excluding carboxylic acids is 1. The van der Waals surface area contributed by atoms with E-state index in [0.717, 1.165) is 5.56 Å². The van der Waals surface area contributed by atoms with Gasteiger partial charge in [-0.05, 0) is 56.0 Å². The topological polar surface area (TPSA) is 50.4 Å². The van der Waals surface area contributed by atoms with E-state index in [1.165, 1.54) is 6.92 Å². The van der Waals surface area contributed by atoms with E-state index in [1.54, 1.807) is 0 Å². The van der Waals surface area contributed by atoms with Crippen molar-refractivity contribution in [1.29, 1.82) is 0 Å². The Morgan fingerprint density at radius 1 is 1.09 bits per heavy atom. The lowest BCUT2D eigenvalue weighted by Crippen LogP contribution is -2.54. The Kier molecular flexibility index (Phi) is 8.16. The van der Waals surface area contributed by atoms with Gasteiger partial charge in [0.25, 0.3) is 0 Å². The molecule has 2 aromatic rings. The fourth-order valence-corrected chi connectivity index (χ4v) is 4.26. The first kappa shape index (κ1) is 27.0. The maximum Gasteiger partial charge on any atom is 0.416 e. The number of halogens is 6. The second kappa shape index (κ2) is 10.6. The van der Waals surface area contributed by atoms with Crippen molar-refractivity contribution in [2.75, 3.05) is 19.7 Å². The lowest BCUT2D eigenvalue weighted by molar-refractivity contribution is -0.143. The lowest BCUT2D eigenvalue weighted by atomic mass is 9.79. The summed E-state index contributed by atoms with van der Waals surface area (Å²) < 4.78 is 85.5. The van der Waals surface area contributed by atoms with Crippen molar-refractivity contribution in [3.05, 3.63) is 70.8 Å². The van der Waals surface area contributed by atoms with Gasteiger partial charge in [0.05, 0.1) is 35.3 Å². The predicted octanol–water partition coefficient (Wildman–Crippen LogP) is 5.83. The number of amides is 1. The van der Waals surface area contributed by atoms with Gasteiger partial charge in [0, 0.05) is 13.1 Å². The van der Waals surface area contributed by atoms with E-state index >= 15 is 0 Å². The van der Waals surface area contributed by atoms with Crippen molar-refractivity contribution in [3.8, 4) is 0 Å². The average molecular weight is 502 g/mol. The number of benzene rings is 2. The van der Waals surface area contributed by atoms with E-state index in [2.05, 4.69) is 10.6 Å². The Morgan fingerprint density at radius 2 is 1.69 bits per heavy atom. The molecule has 0 spiro atoms.